The first-order valence-electron chi connectivity index (χ1n) is 9.64. The third kappa shape index (κ3) is 4.33. The van der Waals surface area contributed by atoms with Gasteiger partial charge in [0.05, 0.1) is 6.04 Å². The molecule has 27 heavy (non-hydrogen) atoms. The van der Waals surface area contributed by atoms with Gasteiger partial charge in [0.2, 0.25) is 5.91 Å². The highest BCUT2D eigenvalue weighted by Crippen LogP contribution is 2.23. The summed E-state index contributed by atoms with van der Waals surface area (Å²) in [7, 11) is 0. The molecule has 1 aromatic carbocycles. The van der Waals surface area contributed by atoms with Gasteiger partial charge in [0.1, 0.15) is 5.82 Å². The van der Waals surface area contributed by atoms with Gasteiger partial charge in [0.15, 0.2) is 0 Å². The molecule has 1 amide bonds. The third-order valence-electron chi connectivity index (χ3n) is 5.50. The van der Waals surface area contributed by atoms with E-state index in [9.17, 15) is 4.79 Å². The van der Waals surface area contributed by atoms with Gasteiger partial charge in [0, 0.05) is 43.4 Å². The van der Waals surface area contributed by atoms with E-state index in [0.717, 1.165) is 62.4 Å². The minimum absolute atomic E-state index is 0.0301. The minimum atomic E-state index is 0.0301. The number of pyridine rings is 1. The maximum atomic E-state index is 13.1. The van der Waals surface area contributed by atoms with E-state index < -0.39 is 0 Å². The maximum Gasteiger partial charge on any atom is 0.240 e. The molecule has 5 nitrogen and oxygen atoms in total. The average Bonchev–Trinajstić information content (AvgIpc) is 3.17. The van der Waals surface area contributed by atoms with Crippen molar-refractivity contribution >= 4 is 27.7 Å². The average molecular weight is 429 g/mol. The van der Waals surface area contributed by atoms with Gasteiger partial charge in [-0.1, -0.05) is 30.3 Å². The molecule has 2 aromatic rings. The number of hydrogen-bond acceptors (Lipinski definition) is 4. The Bertz CT molecular complexity index is 760. The molecule has 1 aromatic heterocycles. The van der Waals surface area contributed by atoms with E-state index in [1.54, 1.807) is 0 Å². The van der Waals surface area contributed by atoms with Crippen LogP contribution in [0.2, 0.25) is 0 Å². The molecule has 0 N–H and O–H groups in total. The molecule has 2 fully saturated rings. The van der Waals surface area contributed by atoms with E-state index >= 15 is 0 Å². The number of likely N-dealkylation sites (tertiary alicyclic amines) is 1. The third-order valence-corrected chi connectivity index (χ3v) is 5.97. The van der Waals surface area contributed by atoms with Gasteiger partial charge in [-0.3, -0.25) is 9.69 Å². The Morgan fingerprint density at radius 3 is 2.52 bits per heavy atom. The van der Waals surface area contributed by atoms with Gasteiger partial charge in [-0.25, -0.2) is 4.98 Å². The molecule has 0 radical (unpaired) electrons. The van der Waals surface area contributed by atoms with Crippen molar-refractivity contribution in [1.29, 1.82) is 0 Å². The summed E-state index contributed by atoms with van der Waals surface area (Å²) >= 11 is 3.43. The first-order valence-corrected chi connectivity index (χ1v) is 10.4. The molecule has 2 aliphatic rings. The number of amides is 1. The van der Waals surface area contributed by atoms with E-state index in [-0.39, 0.29) is 6.04 Å². The molecule has 2 aliphatic heterocycles. The quantitative estimate of drug-likeness (QED) is 0.749. The number of rotatable bonds is 4. The minimum Gasteiger partial charge on any atom is -0.353 e. The van der Waals surface area contributed by atoms with Crippen molar-refractivity contribution in [3.8, 4) is 0 Å². The van der Waals surface area contributed by atoms with Crippen molar-refractivity contribution in [2.75, 3.05) is 37.6 Å². The van der Waals surface area contributed by atoms with Crippen molar-refractivity contribution in [2.24, 2.45) is 0 Å². The standard InChI is InChI=1S/C21H25BrN4O/c22-18-8-9-20(23-15-18)24-11-13-25(14-12-24)21(27)19-7-4-10-26(19)16-17-5-2-1-3-6-17/h1-3,5-6,8-9,15,19H,4,7,10-14,16H2. The molecule has 6 heteroatoms. The number of piperazine rings is 1. The van der Waals surface area contributed by atoms with E-state index in [1.165, 1.54) is 5.56 Å². The molecule has 1 atom stereocenters. The maximum absolute atomic E-state index is 13.1. The Hall–Kier alpha value is -1.92. The highest BCUT2D eigenvalue weighted by molar-refractivity contribution is 9.10. The molecule has 0 saturated carbocycles. The summed E-state index contributed by atoms with van der Waals surface area (Å²) in [6.07, 6.45) is 3.90. The molecule has 2 saturated heterocycles. The lowest BCUT2D eigenvalue weighted by molar-refractivity contribution is -0.136. The topological polar surface area (TPSA) is 39.7 Å². The van der Waals surface area contributed by atoms with E-state index in [1.807, 2.05) is 29.3 Å². The normalized spacial score (nSPS) is 20.9. The second-order valence-corrected chi connectivity index (χ2v) is 8.18. The monoisotopic (exact) mass is 428 g/mol. The van der Waals surface area contributed by atoms with E-state index in [2.05, 4.69) is 55.0 Å². The zero-order valence-corrected chi connectivity index (χ0v) is 17.0. The van der Waals surface area contributed by atoms with Crippen LogP contribution in [0.25, 0.3) is 0 Å². The van der Waals surface area contributed by atoms with Gasteiger partial charge < -0.3 is 9.80 Å². The van der Waals surface area contributed by atoms with Gasteiger partial charge in [-0.2, -0.15) is 0 Å². The van der Waals surface area contributed by atoms with Gasteiger partial charge in [-0.05, 0) is 53.0 Å². The van der Waals surface area contributed by atoms with Crippen molar-refractivity contribution in [3.63, 3.8) is 0 Å². The predicted molar refractivity (Wildman–Crippen MR) is 111 cm³/mol. The summed E-state index contributed by atoms with van der Waals surface area (Å²) in [5.74, 6) is 1.28. The highest BCUT2D eigenvalue weighted by Gasteiger charge is 2.34. The van der Waals surface area contributed by atoms with Gasteiger partial charge in [-0.15, -0.1) is 0 Å². The lowest BCUT2D eigenvalue weighted by atomic mass is 10.1. The Morgan fingerprint density at radius 2 is 1.81 bits per heavy atom. The van der Waals surface area contributed by atoms with Crippen LogP contribution in [0.15, 0.2) is 53.1 Å². The number of nitrogens with zero attached hydrogens (tertiary/aromatic N) is 4. The Morgan fingerprint density at radius 1 is 1.04 bits per heavy atom. The summed E-state index contributed by atoms with van der Waals surface area (Å²) in [4.78, 5) is 24.3. The highest BCUT2D eigenvalue weighted by atomic mass is 79.9. The summed E-state index contributed by atoms with van der Waals surface area (Å²) in [5.41, 5.74) is 1.28. The number of hydrogen-bond donors (Lipinski definition) is 0. The Labute approximate surface area is 169 Å². The van der Waals surface area contributed by atoms with Gasteiger partial charge >= 0.3 is 0 Å². The fourth-order valence-electron chi connectivity index (χ4n) is 4.03. The molecular weight excluding hydrogens is 404 g/mol. The van der Waals surface area contributed by atoms with E-state index in [0.29, 0.717) is 5.91 Å². The number of halogens is 1. The number of carbonyl (C=O) groups is 1. The van der Waals surface area contributed by atoms with Crippen LogP contribution in [-0.2, 0) is 11.3 Å². The predicted octanol–water partition coefficient (Wildman–Crippen LogP) is 3.16. The number of carbonyl (C=O) groups excluding carboxylic acids is 1. The number of anilines is 1. The van der Waals surface area contributed by atoms with Crippen LogP contribution in [0.1, 0.15) is 18.4 Å². The molecule has 1 unspecified atom stereocenters. The zero-order chi connectivity index (χ0) is 18.6. The smallest absolute Gasteiger partial charge is 0.240 e. The summed E-state index contributed by atoms with van der Waals surface area (Å²) in [5, 5.41) is 0. The lowest BCUT2D eigenvalue weighted by Gasteiger charge is -2.37. The molecule has 0 spiro atoms. The second kappa shape index (κ2) is 8.40. The number of benzene rings is 1. The Balaban J connectivity index is 1.35. The lowest BCUT2D eigenvalue weighted by Crippen LogP contribution is -2.53. The molecule has 3 heterocycles. The Kier molecular flexibility index (Phi) is 5.74. The summed E-state index contributed by atoms with van der Waals surface area (Å²) in [6.45, 7) is 5.09. The molecule has 0 aliphatic carbocycles. The van der Waals surface area contributed by atoms with Gasteiger partial charge in [0.25, 0.3) is 0 Å². The van der Waals surface area contributed by atoms with Crippen LogP contribution in [-0.4, -0.2) is 59.5 Å². The number of aromatic nitrogens is 1. The fourth-order valence-corrected chi connectivity index (χ4v) is 4.27. The largest absolute Gasteiger partial charge is 0.353 e. The molecule has 4 rings (SSSR count). The van der Waals surface area contributed by atoms with Crippen LogP contribution >= 0.6 is 15.9 Å². The fraction of sp³-hybridized carbons (Fsp3) is 0.429. The molecular formula is C21H25BrN4O. The van der Waals surface area contributed by atoms with Crippen molar-refractivity contribution in [1.82, 2.24) is 14.8 Å². The summed E-state index contributed by atoms with van der Waals surface area (Å²) < 4.78 is 0.986. The van der Waals surface area contributed by atoms with Crippen molar-refractivity contribution in [3.05, 3.63) is 58.7 Å². The summed E-state index contributed by atoms with van der Waals surface area (Å²) in [6, 6.07) is 14.5. The van der Waals surface area contributed by atoms with Crippen LogP contribution in [0.5, 0.6) is 0 Å². The SMILES string of the molecule is O=C(C1CCCN1Cc1ccccc1)N1CCN(c2ccc(Br)cn2)CC1. The first kappa shape index (κ1) is 18.4. The molecule has 0 bridgehead atoms. The zero-order valence-electron chi connectivity index (χ0n) is 15.4. The van der Waals surface area contributed by atoms with Crippen molar-refractivity contribution in [2.45, 2.75) is 25.4 Å². The van der Waals surface area contributed by atoms with Crippen molar-refractivity contribution < 1.29 is 4.79 Å². The van der Waals surface area contributed by atoms with Crippen LogP contribution in [0.3, 0.4) is 0 Å². The van der Waals surface area contributed by atoms with Crippen LogP contribution in [0.4, 0.5) is 5.82 Å². The molecule has 142 valence electrons. The van der Waals surface area contributed by atoms with E-state index in [4.69, 9.17) is 0 Å². The van der Waals surface area contributed by atoms with Crippen LogP contribution < -0.4 is 4.90 Å². The first-order chi connectivity index (χ1) is 13.2. The second-order valence-electron chi connectivity index (χ2n) is 7.26. The van der Waals surface area contributed by atoms with Crippen LogP contribution in [0, 0.1) is 0 Å².